The Kier molecular flexibility index (Phi) is 6.22. The molecule has 0 aliphatic heterocycles. The van der Waals surface area contributed by atoms with Crippen molar-refractivity contribution in [2.75, 3.05) is 6.61 Å². The molecule has 0 heterocycles. The summed E-state index contributed by atoms with van der Waals surface area (Å²) in [6, 6.07) is 23.7. The first-order valence-corrected chi connectivity index (χ1v) is 9.22. The standard InChI is InChI=1S/C24H24N2O2/c1-17-13-14-21(15-18(17)2)19(3)25-26-24(27)16-28-23-12-8-7-11-22(23)20-9-5-4-6-10-20/h4-15H,16H2,1-3H3,(H,26,27)/b25-19+. The van der Waals surface area contributed by atoms with Gasteiger partial charge in [-0.3, -0.25) is 4.79 Å². The molecule has 0 atom stereocenters. The summed E-state index contributed by atoms with van der Waals surface area (Å²) in [7, 11) is 0. The van der Waals surface area contributed by atoms with E-state index in [1.165, 1.54) is 11.1 Å². The van der Waals surface area contributed by atoms with Crippen molar-refractivity contribution in [3.8, 4) is 16.9 Å². The number of carbonyl (C=O) groups is 1. The number of ether oxygens (including phenoxy) is 1. The first-order chi connectivity index (χ1) is 13.5. The summed E-state index contributed by atoms with van der Waals surface area (Å²) in [5.41, 5.74) is 8.72. The molecule has 0 aromatic heterocycles. The minimum atomic E-state index is -0.300. The maximum atomic E-state index is 12.2. The van der Waals surface area contributed by atoms with Gasteiger partial charge in [0.1, 0.15) is 5.75 Å². The van der Waals surface area contributed by atoms with Crippen molar-refractivity contribution in [3.63, 3.8) is 0 Å². The van der Waals surface area contributed by atoms with Gasteiger partial charge in [-0.1, -0.05) is 60.7 Å². The molecule has 3 aromatic carbocycles. The van der Waals surface area contributed by atoms with Gasteiger partial charge in [-0.25, -0.2) is 5.43 Å². The van der Waals surface area contributed by atoms with Crippen LogP contribution in [0.25, 0.3) is 11.1 Å². The molecule has 0 saturated carbocycles. The summed E-state index contributed by atoms with van der Waals surface area (Å²) in [6.45, 7) is 5.89. The largest absolute Gasteiger partial charge is 0.483 e. The molecule has 0 radical (unpaired) electrons. The number of aryl methyl sites for hydroxylation is 2. The summed E-state index contributed by atoms with van der Waals surface area (Å²) >= 11 is 0. The Hall–Kier alpha value is -3.40. The summed E-state index contributed by atoms with van der Waals surface area (Å²) in [5, 5.41) is 4.20. The number of para-hydroxylation sites is 1. The van der Waals surface area contributed by atoms with Crippen molar-refractivity contribution in [3.05, 3.63) is 89.5 Å². The third-order valence-electron chi connectivity index (χ3n) is 4.60. The molecule has 4 nitrogen and oxygen atoms in total. The highest BCUT2D eigenvalue weighted by Crippen LogP contribution is 2.29. The van der Waals surface area contributed by atoms with Crippen LogP contribution in [0.4, 0.5) is 0 Å². The van der Waals surface area contributed by atoms with Crippen LogP contribution in [0, 0.1) is 13.8 Å². The maximum Gasteiger partial charge on any atom is 0.277 e. The third-order valence-corrected chi connectivity index (χ3v) is 4.60. The van der Waals surface area contributed by atoms with E-state index in [4.69, 9.17) is 4.74 Å². The second-order valence-corrected chi connectivity index (χ2v) is 6.68. The number of hydrazone groups is 1. The van der Waals surface area contributed by atoms with E-state index in [1.807, 2.05) is 67.6 Å². The highest BCUT2D eigenvalue weighted by atomic mass is 16.5. The van der Waals surface area contributed by atoms with Crippen LogP contribution >= 0.6 is 0 Å². The van der Waals surface area contributed by atoms with Crippen LogP contribution in [0.3, 0.4) is 0 Å². The molecule has 0 bridgehead atoms. The summed E-state index contributed by atoms with van der Waals surface area (Å²) < 4.78 is 5.74. The minimum Gasteiger partial charge on any atom is -0.483 e. The second kappa shape index (κ2) is 9.00. The monoisotopic (exact) mass is 372 g/mol. The molecular weight excluding hydrogens is 348 g/mol. The van der Waals surface area contributed by atoms with Crippen LogP contribution in [-0.4, -0.2) is 18.2 Å². The molecule has 28 heavy (non-hydrogen) atoms. The lowest BCUT2D eigenvalue weighted by Gasteiger charge is -2.11. The molecule has 0 unspecified atom stereocenters. The fourth-order valence-corrected chi connectivity index (χ4v) is 2.80. The van der Waals surface area contributed by atoms with Crippen LogP contribution in [0.5, 0.6) is 5.75 Å². The number of benzene rings is 3. The van der Waals surface area contributed by atoms with Crippen molar-refractivity contribution >= 4 is 11.6 Å². The minimum absolute atomic E-state index is 0.104. The van der Waals surface area contributed by atoms with Gasteiger partial charge in [0.25, 0.3) is 5.91 Å². The molecular formula is C24H24N2O2. The SMILES string of the molecule is C/C(=N\NC(=O)COc1ccccc1-c1ccccc1)c1ccc(C)c(C)c1. The lowest BCUT2D eigenvalue weighted by molar-refractivity contribution is -0.123. The van der Waals surface area contributed by atoms with Gasteiger partial charge in [0.2, 0.25) is 0 Å². The van der Waals surface area contributed by atoms with E-state index in [0.717, 1.165) is 22.4 Å². The summed E-state index contributed by atoms with van der Waals surface area (Å²) in [5.74, 6) is 0.366. The van der Waals surface area contributed by atoms with Gasteiger partial charge in [0.05, 0.1) is 5.71 Å². The normalized spacial score (nSPS) is 11.2. The first-order valence-electron chi connectivity index (χ1n) is 9.22. The van der Waals surface area contributed by atoms with Crippen molar-refractivity contribution in [1.29, 1.82) is 0 Å². The lowest BCUT2D eigenvalue weighted by Crippen LogP contribution is -2.25. The molecule has 0 spiro atoms. The smallest absolute Gasteiger partial charge is 0.277 e. The van der Waals surface area contributed by atoms with Crippen molar-refractivity contribution < 1.29 is 9.53 Å². The first kappa shape index (κ1) is 19.4. The molecule has 0 saturated heterocycles. The number of hydrogen-bond donors (Lipinski definition) is 1. The van der Waals surface area contributed by atoms with Crippen molar-refractivity contribution in [1.82, 2.24) is 5.43 Å². The van der Waals surface area contributed by atoms with Gasteiger partial charge in [-0.15, -0.1) is 0 Å². The lowest BCUT2D eigenvalue weighted by atomic mass is 10.0. The molecule has 3 aromatic rings. The average molecular weight is 372 g/mol. The number of rotatable bonds is 6. The van der Waals surface area contributed by atoms with Gasteiger partial charge in [0, 0.05) is 5.56 Å². The maximum absolute atomic E-state index is 12.2. The molecule has 4 heteroatoms. The van der Waals surface area contributed by atoms with E-state index in [0.29, 0.717) is 5.75 Å². The van der Waals surface area contributed by atoms with Crippen LogP contribution in [0.1, 0.15) is 23.6 Å². The Morgan fingerprint density at radius 1 is 0.929 bits per heavy atom. The van der Waals surface area contributed by atoms with Gasteiger partial charge in [-0.2, -0.15) is 5.10 Å². The predicted molar refractivity (Wildman–Crippen MR) is 114 cm³/mol. The third kappa shape index (κ3) is 4.86. The fourth-order valence-electron chi connectivity index (χ4n) is 2.80. The summed E-state index contributed by atoms with van der Waals surface area (Å²) in [4.78, 5) is 12.2. The number of nitrogens with one attached hydrogen (secondary N) is 1. The molecule has 1 N–H and O–H groups in total. The number of nitrogens with zero attached hydrogens (tertiary/aromatic N) is 1. The molecule has 0 aliphatic rings. The van der Waals surface area contributed by atoms with Gasteiger partial charge < -0.3 is 4.74 Å². The van der Waals surface area contributed by atoms with Gasteiger partial charge in [0.15, 0.2) is 6.61 Å². The topological polar surface area (TPSA) is 50.7 Å². The Morgan fingerprint density at radius 2 is 1.64 bits per heavy atom. The zero-order valence-electron chi connectivity index (χ0n) is 16.4. The zero-order chi connectivity index (χ0) is 19.9. The zero-order valence-corrected chi connectivity index (χ0v) is 16.4. The van der Waals surface area contributed by atoms with Crippen LogP contribution < -0.4 is 10.2 Å². The highest BCUT2D eigenvalue weighted by Gasteiger charge is 2.08. The van der Waals surface area contributed by atoms with Crippen LogP contribution in [0.2, 0.25) is 0 Å². The Morgan fingerprint density at radius 3 is 2.39 bits per heavy atom. The van der Waals surface area contributed by atoms with Gasteiger partial charge in [-0.05, 0) is 55.2 Å². The van der Waals surface area contributed by atoms with E-state index >= 15 is 0 Å². The quantitative estimate of drug-likeness (QED) is 0.495. The Labute approximate surface area is 165 Å². The highest BCUT2D eigenvalue weighted by molar-refractivity contribution is 5.99. The van der Waals surface area contributed by atoms with E-state index in [1.54, 1.807) is 0 Å². The molecule has 3 rings (SSSR count). The molecule has 142 valence electrons. The molecule has 0 fully saturated rings. The number of carbonyl (C=O) groups excluding carboxylic acids is 1. The summed E-state index contributed by atoms with van der Waals surface area (Å²) in [6.07, 6.45) is 0. The van der Waals surface area contributed by atoms with E-state index in [9.17, 15) is 4.79 Å². The number of amides is 1. The van der Waals surface area contributed by atoms with Gasteiger partial charge >= 0.3 is 0 Å². The molecule has 0 aliphatic carbocycles. The Balaban J connectivity index is 1.63. The van der Waals surface area contributed by atoms with Crippen LogP contribution in [0.15, 0.2) is 77.9 Å². The number of hydrogen-bond acceptors (Lipinski definition) is 3. The van der Waals surface area contributed by atoms with E-state index in [-0.39, 0.29) is 12.5 Å². The van der Waals surface area contributed by atoms with Crippen LogP contribution in [-0.2, 0) is 4.79 Å². The predicted octanol–water partition coefficient (Wildman–Crippen LogP) is 4.89. The molecule has 1 amide bonds. The fraction of sp³-hybridized carbons (Fsp3) is 0.167. The van der Waals surface area contributed by atoms with Crippen molar-refractivity contribution in [2.45, 2.75) is 20.8 Å². The Bertz CT molecular complexity index is 994. The van der Waals surface area contributed by atoms with E-state index < -0.39 is 0 Å². The average Bonchev–Trinajstić information content (AvgIpc) is 2.73. The van der Waals surface area contributed by atoms with Crippen molar-refractivity contribution in [2.24, 2.45) is 5.10 Å². The van der Waals surface area contributed by atoms with E-state index in [2.05, 4.69) is 36.5 Å². The second-order valence-electron chi connectivity index (χ2n) is 6.68.